The standard InChI is InChI=1S/C12H22N2O/c1-2-7-14(8-10-3-4-10)11(15)12(9-13)5-6-12/h10H,2-9,13H2,1H3. The number of amides is 1. The zero-order valence-corrected chi connectivity index (χ0v) is 9.67. The van der Waals surface area contributed by atoms with E-state index < -0.39 is 0 Å². The van der Waals surface area contributed by atoms with Gasteiger partial charge >= 0.3 is 0 Å². The van der Waals surface area contributed by atoms with Gasteiger partial charge in [0.2, 0.25) is 5.91 Å². The molecular weight excluding hydrogens is 188 g/mol. The van der Waals surface area contributed by atoms with Crippen molar-refractivity contribution in [1.82, 2.24) is 4.90 Å². The smallest absolute Gasteiger partial charge is 0.230 e. The van der Waals surface area contributed by atoms with E-state index in [-0.39, 0.29) is 5.41 Å². The summed E-state index contributed by atoms with van der Waals surface area (Å²) in [7, 11) is 0. The lowest BCUT2D eigenvalue weighted by Crippen LogP contribution is -2.42. The van der Waals surface area contributed by atoms with Crippen LogP contribution in [0.3, 0.4) is 0 Å². The second-order valence-corrected chi connectivity index (χ2v) is 5.18. The van der Waals surface area contributed by atoms with Gasteiger partial charge in [0.05, 0.1) is 5.41 Å². The molecule has 0 aliphatic heterocycles. The molecule has 0 unspecified atom stereocenters. The lowest BCUT2D eigenvalue weighted by atomic mass is 10.1. The summed E-state index contributed by atoms with van der Waals surface area (Å²) < 4.78 is 0. The molecule has 0 radical (unpaired) electrons. The number of nitrogens with two attached hydrogens (primary N) is 1. The van der Waals surface area contributed by atoms with E-state index in [4.69, 9.17) is 5.73 Å². The van der Waals surface area contributed by atoms with Gasteiger partial charge in [0.25, 0.3) is 0 Å². The summed E-state index contributed by atoms with van der Waals surface area (Å²) in [5, 5.41) is 0. The molecule has 2 fully saturated rings. The third-order valence-electron chi connectivity index (χ3n) is 3.65. The minimum atomic E-state index is -0.149. The highest BCUT2D eigenvalue weighted by Crippen LogP contribution is 2.46. The predicted octanol–water partition coefficient (Wildman–Crippen LogP) is 1.37. The molecule has 0 aromatic heterocycles. The Morgan fingerprint density at radius 2 is 2.13 bits per heavy atom. The van der Waals surface area contributed by atoms with E-state index in [0.717, 1.165) is 38.3 Å². The van der Waals surface area contributed by atoms with Gasteiger partial charge in [-0.3, -0.25) is 4.79 Å². The van der Waals surface area contributed by atoms with Crippen molar-refractivity contribution in [2.45, 2.75) is 39.0 Å². The fraction of sp³-hybridized carbons (Fsp3) is 0.917. The first kappa shape index (κ1) is 10.9. The third kappa shape index (κ3) is 2.33. The van der Waals surface area contributed by atoms with Gasteiger partial charge < -0.3 is 10.6 Å². The van der Waals surface area contributed by atoms with Crippen LogP contribution in [0.4, 0.5) is 0 Å². The Balaban J connectivity index is 1.93. The van der Waals surface area contributed by atoms with Crippen molar-refractivity contribution >= 4 is 5.91 Å². The molecule has 0 bridgehead atoms. The van der Waals surface area contributed by atoms with Crippen LogP contribution in [-0.2, 0) is 4.79 Å². The Morgan fingerprint density at radius 1 is 1.47 bits per heavy atom. The van der Waals surface area contributed by atoms with Crippen molar-refractivity contribution in [3.63, 3.8) is 0 Å². The average molecular weight is 210 g/mol. The van der Waals surface area contributed by atoms with Crippen molar-refractivity contribution in [3.8, 4) is 0 Å². The molecule has 0 aromatic carbocycles. The first-order chi connectivity index (χ1) is 7.22. The van der Waals surface area contributed by atoms with Gasteiger partial charge in [-0.15, -0.1) is 0 Å². The third-order valence-corrected chi connectivity index (χ3v) is 3.65. The number of carbonyl (C=O) groups excluding carboxylic acids is 1. The van der Waals surface area contributed by atoms with Gasteiger partial charge in [-0.2, -0.15) is 0 Å². The molecule has 0 aromatic rings. The topological polar surface area (TPSA) is 46.3 Å². The molecule has 2 saturated carbocycles. The van der Waals surface area contributed by atoms with Crippen molar-refractivity contribution < 1.29 is 4.79 Å². The summed E-state index contributed by atoms with van der Waals surface area (Å²) in [5.41, 5.74) is 5.55. The Kier molecular flexibility index (Phi) is 3.01. The first-order valence-corrected chi connectivity index (χ1v) is 6.21. The molecule has 3 heteroatoms. The van der Waals surface area contributed by atoms with Crippen LogP contribution in [0.15, 0.2) is 0 Å². The monoisotopic (exact) mass is 210 g/mol. The Bertz CT molecular complexity index is 244. The second kappa shape index (κ2) is 4.12. The summed E-state index contributed by atoms with van der Waals surface area (Å²) in [4.78, 5) is 14.3. The van der Waals surface area contributed by atoms with Gasteiger partial charge in [-0.25, -0.2) is 0 Å². The SMILES string of the molecule is CCCN(CC1CC1)C(=O)C1(CN)CC1. The zero-order chi connectivity index (χ0) is 10.9. The van der Waals surface area contributed by atoms with E-state index >= 15 is 0 Å². The maximum atomic E-state index is 12.3. The molecular formula is C12H22N2O. The molecule has 86 valence electrons. The highest BCUT2D eigenvalue weighted by Gasteiger charge is 2.50. The fourth-order valence-corrected chi connectivity index (χ4v) is 2.15. The summed E-state index contributed by atoms with van der Waals surface area (Å²) in [6.45, 7) is 4.57. The lowest BCUT2D eigenvalue weighted by molar-refractivity contribution is -0.137. The lowest BCUT2D eigenvalue weighted by Gasteiger charge is -2.26. The molecule has 2 aliphatic rings. The second-order valence-electron chi connectivity index (χ2n) is 5.18. The molecule has 15 heavy (non-hydrogen) atoms. The summed E-state index contributed by atoms with van der Waals surface area (Å²) >= 11 is 0. The van der Waals surface area contributed by atoms with Crippen molar-refractivity contribution in [3.05, 3.63) is 0 Å². The Morgan fingerprint density at radius 3 is 2.53 bits per heavy atom. The fourth-order valence-electron chi connectivity index (χ4n) is 2.15. The normalized spacial score (nSPS) is 22.5. The minimum Gasteiger partial charge on any atom is -0.342 e. The van der Waals surface area contributed by atoms with E-state index in [2.05, 4.69) is 11.8 Å². The highest BCUT2D eigenvalue weighted by atomic mass is 16.2. The number of rotatable bonds is 6. The van der Waals surface area contributed by atoms with Crippen LogP contribution in [0.25, 0.3) is 0 Å². The van der Waals surface area contributed by atoms with Crippen LogP contribution < -0.4 is 5.73 Å². The van der Waals surface area contributed by atoms with E-state index in [1.165, 1.54) is 12.8 Å². The zero-order valence-electron chi connectivity index (χ0n) is 9.67. The van der Waals surface area contributed by atoms with E-state index in [1.54, 1.807) is 0 Å². The largest absolute Gasteiger partial charge is 0.342 e. The van der Waals surface area contributed by atoms with Crippen LogP contribution in [-0.4, -0.2) is 30.4 Å². The average Bonchev–Trinajstić information content (AvgIpc) is 3.12. The predicted molar refractivity (Wildman–Crippen MR) is 60.3 cm³/mol. The van der Waals surface area contributed by atoms with Gasteiger partial charge in [0, 0.05) is 19.6 Å². The quantitative estimate of drug-likeness (QED) is 0.720. The van der Waals surface area contributed by atoms with E-state index in [9.17, 15) is 4.79 Å². The molecule has 0 saturated heterocycles. The Hall–Kier alpha value is -0.570. The number of carbonyl (C=O) groups is 1. The van der Waals surface area contributed by atoms with Crippen LogP contribution in [0.5, 0.6) is 0 Å². The van der Waals surface area contributed by atoms with E-state index in [1.807, 2.05) is 0 Å². The molecule has 1 amide bonds. The highest BCUT2D eigenvalue weighted by molar-refractivity contribution is 5.85. The van der Waals surface area contributed by atoms with Crippen molar-refractivity contribution in [2.24, 2.45) is 17.1 Å². The first-order valence-electron chi connectivity index (χ1n) is 6.21. The Labute approximate surface area is 92.0 Å². The summed E-state index contributed by atoms with van der Waals surface area (Å²) in [6.07, 6.45) is 5.69. The van der Waals surface area contributed by atoms with Crippen LogP contribution in [0.2, 0.25) is 0 Å². The molecule has 2 rings (SSSR count). The van der Waals surface area contributed by atoms with Gasteiger partial charge in [-0.1, -0.05) is 6.92 Å². The van der Waals surface area contributed by atoms with Crippen LogP contribution in [0, 0.1) is 11.3 Å². The molecule has 3 nitrogen and oxygen atoms in total. The van der Waals surface area contributed by atoms with Gasteiger partial charge in [0.15, 0.2) is 0 Å². The molecule has 2 aliphatic carbocycles. The number of hydrogen-bond donors (Lipinski definition) is 1. The van der Waals surface area contributed by atoms with Crippen molar-refractivity contribution in [2.75, 3.05) is 19.6 Å². The van der Waals surface area contributed by atoms with Crippen LogP contribution in [0.1, 0.15) is 39.0 Å². The molecule has 0 spiro atoms. The van der Waals surface area contributed by atoms with Crippen LogP contribution >= 0.6 is 0 Å². The van der Waals surface area contributed by atoms with Gasteiger partial charge in [0.1, 0.15) is 0 Å². The molecule has 0 atom stereocenters. The minimum absolute atomic E-state index is 0.149. The summed E-state index contributed by atoms with van der Waals surface area (Å²) in [6, 6.07) is 0. The van der Waals surface area contributed by atoms with Gasteiger partial charge in [-0.05, 0) is 38.0 Å². The molecule has 0 heterocycles. The maximum absolute atomic E-state index is 12.3. The summed E-state index contributed by atoms with van der Waals surface area (Å²) in [5.74, 6) is 1.12. The number of hydrogen-bond acceptors (Lipinski definition) is 2. The van der Waals surface area contributed by atoms with E-state index in [0.29, 0.717) is 12.5 Å². The maximum Gasteiger partial charge on any atom is 0.230 e. The number of nitrogens with zero attached hydrogens (tertiary/aromatic N) is 1. The van der Waals surface area contributed by atoms with Crippen molar-refractivity contribution in [1.29, 1.82) is 0 Å². The molecule has 2 N–H and O–H groups in total.